The van der Waals surface area contributed by atoms with Gasteiger partial charge in [-0.2, -0.15) is 5.10 Å². The number of aliphatic hydroxyl groups is 1. The number of nitrogens with one attached hydrogen (secondary N) is 2. The quantitative estimate of drug-likeness (QED) is 0.637. The minimum absolute atomic E-state index is 0.0485. The summed E-state index contributed by atoms with van der Waals surface area (Å²) < 4.78 is 0. The van der Waals surface area contributed by atoms with Gasteiger partial charge in [-0.25, -0.2) is 4.98 Å². The van der Waals surface area contributed by atoms with Gasteiger partial charge in [-0.1, -0.05) is 13.8 Å². The molecule has 1 aromatic rings. The number of nitrogens with zero attached hydrogens (tertiary/aromatic N) is 2. The van der Waals surface area contributed by atoms with Crippen molar-refractivity contribution in [3.8, 4) is 0 Å². The molecule has 6 nitrogen and oxygen atoms in total. The van der Waals surface area contributed by atoms with Crippen LogP contribution in [0.4, 0.5) is 0 Å². The predicted molar refractivity (Wildman–Crippen MR) is 54.2 cm³/mol. The molecule has 1 rings (SSSR count). The number of hydrogen-bond acceptors (Lipinski definition) is 4. The van der Waals surface area contributed by atoms with E-state index in [0.29, 0.717) is 6.42 Å². The first kappa shape index (κ1) is 11.6. The first-order chi connectivity index (χ1) is 7.15. The lowest BCUT2D eigenvalue weighted by Gasteiger charge is -2.20. The summed E-state index contributed by atoms with van der Waals surface area (Å²) in [6, 6.07) is -0.0485. The van der Waals surface area contributed by atoms with Gasteiger partial charge in [-0.05, 0) is 12.3 Å². The van der Waals surface area contributed by atoms with E-state index in [-0.39, 0.29) is 30.3 Å². The second-order valence-electron chi connectivity index (χ2n) is 3.67. The van der Waals surface area contributed by atoms with Crippen molar-refractivity contribution in [2.45, 2.75) is 26.3 Å². The first-order valence-electron chi connectivity index (χ1n) is 4.92. The minimum Gasteiger partial charge on any atom is -0.396 e. The van der Waals surface area contributed by atoms with Crippen molar-refractivity contribution in [1.29, 1.82) is 0 Å². The summed E-state index contributed by atoms with van der Waals surface area (Å²) in [5, 5.41) is 17.7. The van der Waals surface area contributed by atoms with Gasteiger partial charge < -0.3 is 10.4 Å². The summed E-state index contributed by atoms with van der Waals surface area (Å²) in [7, 11) is 0. The molecule has 84 valence electrons. The van der Waals surface area contributed by atoms with E-state index in [4.69, 9.17) is 5.11 Å². The van der Waals surface area contributed by atoms with Gasteiger partial charge in [0, 0.05) is 12.6 Å². The maximum atomic E-state index is 11.6. The summed E-state index contributed by atoms with van der Waals surface area (Å²) in [4.78, 5) is 15.3. The molecule has 1 atom stereocenters. The Morgan fingerprint density at radius 2 is 2.40 bits per heavy atom. The van der Waals surface area contributed by atoms with E-state index >= 15 is 0 Å². The minimum atomic E-state index is -0.292. The fraction of sp³-hybridized carbons (Fsp3) is 0.667. The molecule has 0 saturated carbocycles. The Labute approximate surface area is 88.1 Å². The Morgan fingerprint density at radius 3 is 2.87 bits per heavy atom. The molecule has 15 heavy (non-hydrogen) atoms. The van der Waals surface area contributed by atoms with E-state index in [1.165, 1.54) is 6.33 Å². The van der Waals surface area contributed by atoms with Crippen molar-refractivity contribution >= 4 is 5.91 Å². The second-order valence-corrected chi connectivity index (χ2v) is 3.67. The maximum absolute atomic E-state index is 11.6. The highest BCUT2D eigenvalue weighted by Crippen LogP contribution is 2.06. The first-order valence-corrected chi connectivity index (χ1v) is 4.92. The molecule has 0 radical (unpaired) electrons. The van der Waals surface area contributed by atoms with E-state index in [2.05, 4.69) is 20.5 Å². The van der Waals surface area contributed by atoms with Gasteiger partial charge in [0.05, 0.1) is 0 Å². The van der Waals surface area contributed by atoms with Gasteiger partial charge >= 0.3 is 0 Å². The van der Waals surface area contributed by atoms with Crippen molar-refractivity contribution in [1.82, 2.24) is 20.5 Å². The molecule has 0 aliphatic carbocycles. The average Bonchev–Trinajstić information content (AvgIpc) is 2.69. The number of carbonyl (C=O) groups is 1. The number of carbonyl (C=O) groups excluding carboxylic acids is 1. The van der Waals surface area contributed by atoms with E-state index in [1.807, 2.05) is 13.8 Å². The van der Waals surface area contributed by atoms with Gasteiger partial charge in [0.15, 0.2) is 0 Å². The molecule has 3 N–H and O–H groups in total. The largest absolute Gasteiger partial charge is 0.396 e. The Morgan fingerprint density at radius 1 is 1.67 bits per heavy atom. The average molecular weight is 212 g/mol. The number of aromatic nitrogens is 3. The van der Waals surface area contributed by atoms with Crippen LogP contribution in [0.2, 0.25) is 0 Å². The molecule has 0 aliphatic rings. The molecule has 0 spiro atoms. The third kappa shape index (κ3) is 3.32. The van der Waals surface area contributed by atoms with Crippen LogP contribution in [0.1, 0.15) is 30.9 Å². The maximum Gasteiger partial charge on any atom is 0.288 e. The molecule has 0 fully saturated rings. The lowest BCUT2D eigenvalue weighted by Crippen LogP contribution is -2.39. The summed E-state index contributed by atoms with van der Waals surface area (Å²) >= 11 is 0. The second kappa shape index (κ2) is 5.45. The zero-order valence-electron chi connectivity index (χ0n) is 8.90. The normalized spacial score (nSPS) is 12.8. The fourth-order valence-corrected chi connectivity index (χ4v) is 1.26. The zero-order chi connectivity index (χ0) is 11.3. The van der Waals surface area contributed by atoms with Crippen LogP contribution in [0.3, 0.4) is 0 Å². The highest BCUT2D eigenvalue weighted by Gasteiger charge is 2.17. The van der Waals surface area contributed by atoms with Crippen LogP contribution < -0.4 is 5.32 Å². The van der Waals surface area contributed by atoms with Crippen LogP contribution in [0.15, 0.2) is 6.33 Å². The summed E-state index contributed by atoms with van der Waals surface area (Å²) in [6.45, 7) is 4.03. The van der Waals surface area contributed by atoms with E-state index in [0.717, 1.165) is 0 Å². The highest BCUT2D eigenvalue weighted by molar-refractivity contribution is 5.90. The number of aliphatic hydroxyl groups excluding tert-OH is 1. The fourth-order valence-electron chi connectivity index (χ4n) is 1.26. The Hall–Kier alpha value is -1.43. The van der Waals surface area contributed by atoms with Gasteiger partial charge in [0.25, 0.3) is 5.91 Å². The van der Waals surface area contributed by atoms with Crippen molar-refractivity contribution in [2.24, 2.45) is 5.92 Å². The summed E-state index contributed by atoms with van der Waals surface area (Å²) in [5.74, 6) is 0.169. The zero-order valence-corrected chi connectivity index (χ0v) is 8.90. The Balaban J connectivity index is 2.55. The van der Waals surface area contributed by atoms with E-state index in [1.54, 1.807) is 0 Å². The highest BCUT2D eigenvalue weighted by atomic mass is 16.3. The van der Waals surface area contributed by atoms with Crippen LogP contribution in [-0.2, 0) is 0 Å². The molecule has 1 heterocycles. The smallest absolute Gasteiger partial charge is 0.288 e. The van der Waals surface area contributed by atoms with Crippen LogP contribution in [0, 0.1) is 5.92 Å². The van der Waals surface area contributed by atoms with E-state index in [9.17, 15) is 4.79 Å². The topological polar surface area (TPSA) is 90.9 Å². The molecule has 0 aliphatic heterocycles. The molecule has 1 aromatic heterocycles. The SMILES string of the molecule is CC(C)C(CCO)NC(=O)c1ncn[nH]1. The van der Waals surface area contributed by atoms with Gasteiger partial charge in [0.1, 0.15) is 6.33 Å². The molecule has 0 aromatic carbocycles. The van der Waals surface area contributed by atoms with Crippen LogP contribution in [0.25, 0.3) is 0 Å². The molecular formula is C9H16N4O2. The molecule has 0 bridgehead atoms. The number of amides is 1. The number of rotatable bonds is 5. The third-order valence-corrected chi connectivity index (χ3v) is 2.19. The molecule has 0 saturated heterocycles. The van der Waals surface area contributed by atoms with Gasteiger partial charge in [0.2, 0.25) is 5.82 Å². The predicted octanol–water partition coefficient (Wildman–Crippen LogP) is -0.0585. The standard InChI is InChI=1S/C9H16N4O2/c1-6(2)7(3-4-14)12-9(15)8-10-5-11-13-8/h5-7,14H,3-4H2,1-2H3,(H,12,15)(H,10,11,13). The third-order valence-electron chi connectivity index (χ3n) is 2.19. The Bertz CT molecular complexity index is 297. The van der Waals surface area contributed by atoms with Crippen molar-refractivity contribution in [3.05, 3.63) is 12.2 Å². The van der Waals surface area contributed by atoms with Crippen LogP contribution >= 0.6 is 0 Å². The van der Waals surface area contributed by atoms with Gasteiger partial charge in [-0.3, -0.25) is 9.89 Å². The van der Waals surface area contributed by atoms with Gasteiger partial charge in [-0.15, -0.1) is 0 Å². The van der Waals surface area contributed by atoms with Crippen molar-refractivity contribution in [2.75, 3.05) is 6.61 Å². The van der Waals surface area contributed by atoms with E-state index < -0.39 is 0 Å². The molecular weight excluding hydrogens is 196 g/mol. The van der Waals surface area contributed by atoms with Crippen LogP contribution in [-0.4, -0.2) is 38.8 Å². The summed E-state index contributed by atoms with van der Waals surface area (Å²) in [6.07, 6.45) is 1.82. The lowest BCUT2D eigenvalue weighted by atomic mass is 10.0. The molecule has 1 amide bonds. The summed E-state index contributed by atoms with van der Waals surface area (Å²) in [5.41, 5.74) is 0. The number of hydrogen-bond donors (Lipinski definition) is 3. The number of aromatic amines is 1. The molecule has 6 heteroatoms. The van der Waals surface area contributed by atoms with Crippen molar-refractivity contribution < 1.29 is 9.90 Å². The monoisotopic (exact) mass is 212 g/mol. The number of H-pyrrole nitrogens is 1. The van der Waals surface area contributed by atoms with Crippen molar-refractivity contribution in [3.63, 3.8) is 0 Å². The van der Waals surface area contributed by atoms with Crippen LogP contribution in [0.5, 0.6) is 0 Å². The molecule has 1 unspecified atom stereocenters. The lowest BCUT2D eigenvalue weighted by molar-refractivity contribution is 0.0906. The Kier molecular flexibility index (Phi) is 4.23.